The van der Waals surface area contributed by atoms with Gasteiger partial charge in [-0.25, -0.2) is 8.42 Å². The number of nitriles is 1. The first-order valence-electron chi connectivity index (χ1n) is 6.07. The van der Waals surface area contributed by atoms with Crippen LogP contribution in [0, 0.1) is 11.3 Å². The molecule has 1 N–H and O–H groups in total. The van der Waals surface area contributed by atoms with Crippen LogP contribution < -0.4 is 0 Å². The molecule has 0 atom stereocenters. The van der Waals surface area contributed by atoms with E-state index in [-0.39, 0.29) is 11.6 Å². The number of sulfonamides is 1. The van der Waals surface area contributed by atoms with Crippen LogP contribution in [0.3, 0.4) is 0 Å². The first-order chi connectivity index (χ1) is 9.59. The largest absolute Gasteiger partial charge is 0.266 e. The zero-order valence-electron chi connectivity index (χ0n) is 10.9. The lowest BCUT2D eigenvalue weighted by Gasteiger charge is -2.19. The minimum atomic E-state index is -3.63. The van der Waals surface area contributed by atoms with Crippen LogP contribution >= 0.6 is 0 Å². The van der Waals surface area contributed by atoms with E-state index in [1.807, 2.05) is 0 Å². The smallest absolute Gasteiger partial charge is 0.260 e. The van der Waals surface area contributed by atoms with Gasteiger partial charge in [0.25, 0.3) is 10.0 Å². The lowest BCUT2D eigenvalue weighted by molar-refractivity contribution is 0.421. The maximum Gasteiger partial charge on any atom is 0.260 e. The Bertz CT molecular complexity index is 717. The second-order valence-electron chi connectivity index (χ2n) is 4.12. The highest BCUT2D eigenvalue weighted by atomic mass is 32.2. The van der Waals surface area contributed by atoms with Crippen molar-refractivity contribution in [1.29, 1.82) is 5.26 Å². The summed E-state index contributed by atoms with van der Waals surface area (Å²) < 4.78 is 26.1. The second-order valence-corrected chi connectivity index (χ2v) is 6.03. The van der Waals surface area contributed by atoms with Crippen molar-refractivity contribution in [2.24, 2.45) is 0 Å². The number of H-pyrrole nitrogens is 1. The predicted octanol–water partition coefficient (Wildman–Crippen LogP) is 1.49. The number of rotatable bonds is 5. The SMILES string of the molecule is CCN(Cc1ccccc1C#N)S(=O)(=O)c1ccn[nH]1. The molecule has 2 aromatic rings. The summed E-state index contributed by atoms with van der Waals surface area (Å²) in [7, 11) is -3.63. The Morgan fingerprint density at radius 1 is 1.35 bits per heavy atom. The van der Waals surface area contributed by atoms with Crippen LogP contribution in [0.25, 0.3) is 0 Å². The molecule has 0 aliphatic carbocycles. The summed E-state index contributed by atoms with van der Waals surface area (Å²) in [4.78, 5) is 0. The number of nitrogens with zero attached hydrogens (tertiary/aromatic N) is 3. The van der Waals surface area contributed by atoms with Gasteiger partial charge in [-0.3, -0.25) is 5.10 Å². The van der Waals surface area contributed by atoms with Gasteiger partial charge in [0.15, 0.2) is 5.03 Å². The van der Waals surface area contributed by atoms with E-state index in [2.05, 4.69) is 16.3 Å². The van der Waals surface area contributed by atoms with E-state index < -0.39 is 10.0 Å². The molecule has 0 unspecified atom stereocenters. The Kier molecular flexibility index (Phi) is 4.17. The van der Waals surface area contributed by atoms with Crippen LogP contribution in [0.2, 0.25) is 0 Å². The van der Waals surface area contributed by atoms with Crippen molar-refractivity contribution < 1.29 is 8.42 Å². The summed E-state index contributed by atoms with van der Waals surface area (Å²) in [6.07, 6.45) is 1.39. The average molecular weight is 290 g/mol. The van der Waals surface area contributed by atoms with Crippen molar-refractivity contribution >= 4 is 10.0 Å². The minimum absolute atomic E-state index is 0.0498. The fraction of sp³-hybridized carbons (Fsp3) is 0.231. The van der Waals surface area contributed by atoms with Gasteiger partial charge in [0.05, 0.1) is 17.8 Å². The topological polar surface area (TPSA) is 89.8 Å². The monoisotopic (exact) mass is 290 g/mol. The Labute approximate surface area is 117 Å². The van der Waals surface area contributed by atoms with Crippen molar-refractivity contribution in [2.45, 2.75) is 18.5 Å². The number of aromatic amines is 1. The van der Waals surface area contributed by atoms with E-state index in [0.29, 0.717) is 17.7 Å². The molecule has 0 aliphatic heterocycles. The number of hydrogen-bond donors (Lipinski definition) is 1. The number of benzene rings is 1. The van der Waals surface area contributed by atoms with Crippen LogP contribution in [0.1, 0.15) is 18.1 Å². The summed E-state index contributed by atoms with van der Waals surface area (Å²) >= 11 is 0. The summed E-state index contributed by atoms with van der Waals surface area (Å²) in [5, 5.41) is 15.2. The normalized spacial score (nSPS) is 11.4. The Morgan fingerprint density at radius 3 is 2.70 bits per heavy atom. The summed E-state index contributed by atoms with van der Waals surface area (Å²) in [5.74, 6) is 0. The van der Waals surface area contributed by atoms with Crippen LogP contribution in [0.5, 0.6) is 0 Å². The summed E-state index contributed by atoms with van der Waals surface area (Å²) in [6, 6.07) is 10.4. The molecule has 2 rings (SSSR count). The maximum absolute atomic E-state index is 12.4. The van der Waals surface area contributed by atoms with Crippen molar-refractivity contribution in [3.05, 3.63) is 47.7 Å². The third kappa shape index (κ3) is 2.71. The van der Waals surface area contributed by atoms with Gasteiger partial charge in [-0.05, 0) is 17.7 Å². The molecular formula is C13H14N4O2S. The highest BCUT2D eigenvalue weighted by Crippen LogP contribution is 2.17. The van der Waals surface area contributed by atoms with E-state index in [4.69, 9.17) is 5.26 Å². The molecule has 0 fully saturated rings. The van der Waals surface area contributed by atoms with E-state index >= 15 is 0 Å². The zero-order valence-corrected chi connectivity index (χ0v) is 11.8. The molecular weight excluding hydrogens is 276 g/mol. The molecule has 0 aliphatic rings. The van der Waals surface area contributed by atoms with Crippen molar-refractivity contribution in [2.75, 3.05) is 6.54 Å². The minimum Gasteiger partial charge on any atom is -0.266 e. The fourth-order valence-electron chi connectivity index (χ4n) is 1.85. The van der Waals surface area contributed by atoms with Gasteiger partial charge in [0.2, 0.25) is 0 Å². The third-order valence-electron chi connectivity index (χ3n) is 2.93. The lowest BCUT2D eigenvalue weighted by Crippen LogP contribution is -2.31. The van der Waals surface area contributed by atoms with Crippen LogP contribution in [0.15, 0.2) is 41.6 Å². The van der Waals surface area contributed by atoms with Crippen LogP contribution in [-0.2, 0) is 16.6 Å². The zero-order chi connectivity index (χ0) is 14.6. The Hall–Kier alpha value is -2.17. The molecule has 1 aromatic heterocycles. The third-order valence-corrected chi connectivity index (χ3v) is 4.78. The molecule has 0 radical (unpaired) electrons. The molecule has 20 heavy (non-hydrogen) atoms. The van der Waals surface area contributed by atoms with Crippen molar-refractivity contribution in [3.8, 4) is 6.07 Å². The lowest BCUT2D eigenvalue weighted by atomic mass is 10.1. The van der Waals surface area contributed by atoms with Crippen LogP contribution in [0.4, 0.5) is 0 Å². The molecule has 0 spiro atoms. The highest BCUT2D eigenvalue weighted by molar-refractivity contribution is 7.89. The number of nitrogens with one attached hydrogen (secondary N) is 1. The molecule has 1 aromatic carbocycles. The van der Waals surface area contributed by atoms with E-state index in [1.54, 1.807) is 31.2 Å². The van der Waals surface area contributed by atoms with E-state index in [1.165, 1.54) is 16.6 Å². The predicted molar refractivity (Wildman–Crippen MR) is 73.0 cm³/mol. The molecule has 1 heterocycles. The summed E-state index contributed by atoms with van der Waals surface area (Å²) in [6.45, 7) is 2.21. The van der Waals surface area contributed by atoms with Crippen molar-refractivity contribution in [1.82, 2.24) is 14.5 Å². The van der Waals surface area contributed by atoms with Gasteiger partial charge in [-0.1, -0.05) is 25.1 Å². The molecule has 0 bridgehead atoms. The first-order valence-corrected chi connectivity index (χ1v) is 7.51. The molecule has 7 heteroatoms. The second kappa shape index (κ2) is 5.86. The van der Waals surface area contributed by atoms with Gasteiger partial charge in [-0.15, -0.1) is 0 Å². The summed E-state index contributed by atoms with van der Waals surface area (Å²) in [5.41, 5.74) is 1.16. The van der Waals surface area contributed by atoms with Gasteiger partial charge in [0.1, 0.15) is 0 Å². The Balaban J connectivity index is 2.33. The highest BCUT2D eigenvalue weighted by Gasteiger charge is 2.25. The van der Waals surface area contributed by atoms with Gasteiger partial charge < -0.3 is 0 Å². The Morgan fingerprint density at radius 2 is 2.10 bits per heavy atom. The van der Waals surface area contributed by atoms with Crippen molar-refractivity contribution in [3.63, 3.8) is 0 Å². The van der Waals surface area contributed by atoms with E-state index in [0.717, 1.165) is 0 Å². The first kappa shape index (κ1) is 14.2. The van der Waals surface area contributed by atoms with Crippen LogP contribution in [-0.4, -0.2) is 29.5 Å². The quantitative estimate of drug-likeness (QED) is 0.903. The van der Waals surface area contributed by atoms with Gasteiger partial charge in [-0.2, -0.15) is 14.7 Å². The fourth-order valence-corrected chi connectivity index (χ4v) is 3.18. The van der Waals surface area contributed by atoms with Gasteiger partial charge in [0, 0.05) is 13.1 Å². The maximum atomic E-state index is 12.4. The molecule has 6 nitrogen and oxygen atoms in total. The number of aromatic nitrogens is 2. The standard InChI is InChI=1S/C13H14N4O2S/c1-2-17(20(18,19)13-7-8-15-16-13)10-12-6-4-3-5-11(12)9-14/h3-8H,2,10H2,1H3,(H,15,16). The molecule has 0 saturated heterocycles. The average Bonchev–Trinajstić information content (AvgIpc) is 2.99. The molecule has 0 saturated carbocycles. The molecule has 0 amide bonds. The molecule has 104 valence electrons. The number of hydrogen-bond acceptors (Lipinski definition) is 4. The van der Waals surface area contributed by atoms with E-state index in [9.17, 15) is 8.42 Å². The van der Waals surface area contributed by atoms with Gasteiger partial charge >= 0.3 is 0 Å².